The zero-order valence-electron chi connectivity index (χ0n) is 24.5. The first-order valence-corrected chi connectivity index (χ1v) is 14.9. The molecule has 1 amide bonds. The fourth-order valence-electron chi connectivity index (χ4n) is 6.38. The van der Waals surface area contributed by atoms with Gasteiger partial charge in [-0.1, -0.05) is 12.8 Å². The Hall–Kier alpha value is -3.61. The number of hydrogen-bond acceptors (Lipinski definition) is 5. The first-order valence-electron chi connectivity index (χ1n) is 14.9. The molecule has 0 atom stereocenters. The number of likely N-dealkylation sites (N-methyl/N-ethyl adjacent to an activating group) is 2. The van der Waals surface area contributed by atoms with Crippen molar-refractivity contribution < 1.29 is 9.59 Å². The minimum atomic E-state index is -0.550. The molecule has 40 heavy (non-hydrogen) atoms. The van der Waals surface area contributed by atoms with Gasteiger partial charge in [-0.05, 0) is 112 Å². The zero-order valence-corrected chi connectivity index (χ0v) is 24.5. The Morgan fingerprint density at radius 2 is 1.75 bits per heavy atom. The number of aromatic nitrogens is 2. The van der Waals surface area contributed by atoms with E-state index in [4.69, 9.17) is 4.98 Å². The normalized spacial score (nSPS) is 15.1. The van der Waals surface area contributed by atoms with Crippen molar-refractivity contribution >= 4 is 28.9 Å². The molecule has 0 unspecified atom stereocenters. The molecule has 5 rings (SSSR count). The molecule has 212 valence electrons. The SMILES string of the molecule is CCN(CCN(C)c1ccc(NC(=O)C(=O)c2c(C3CCCC3)cc3n2CCCC3)cc1)c1cc(C)cc(C)n1. The number of nitrogens with one attached hydrogen (secondary N) is 1. The lowest BCUT2D eigenvalue weighted by atomic mass is 9.95. The van der Waals surface area contributed by atoms with E-state index in [1.54, 1.807) is 0 Å². The number of fused-ring (bicyclic) bond motifs is 1. The van der Waals surface area contributed by atoms with Gasteiger partial charge in [-0.3, -0.25) is 9.59 Å². The molecule has 3 aromatic rings. The molecule has 1 saturated carbocycles. The highest BCUT2D eigenvalue weighted by molar-refractivity contribution is 6.46. The van der Waals surface area contributed by atoms with Crippen LogP contribution in [-0.4, -0.2) is 47.9 Å². The van der Waals surface area contributed by atoms with Gasteiger partial charge < -0.3 is 19.7 Å². The largest absolute Gasteiger partial charge is 0.373 e. The van der Waals surface area contributed by atoms with Gasteiger partial charge in [-0.2, -0.15) is 0 Å². The van der Waals surface area contributed by atoms with Crippen LogP contribution in [0.4, 0.5) is 17.2 Å². The third-order valence-electron chi connectivity index (χ3n) is 8.55. The summed E-state index contributed by atoms with van der Waals surface area (Å²) in [6.07, 6.45) is 7.80. The topological polar surface area (TPSA) is 70.5 Å². The van der Waals surface area contributed by atoms with Crippen LogP contribution in [0.1, 0.15) is 84.4 Å². The van der Waals surface area contributed by atoms with Gasteiger partial charge in [-0.15, -0.1) is 0 Å². The Morgan fingerprint density at radius 3 is 2.45 bits per heavy atom. The number of amides is 1. The summed E-state index contributed by atoms with van der Waals surface area (Å²) in [5.41, 5.74) is 6.89. The Labute approximate surface area is 238 Å². The number of anilines is 3. The summed E-state index contributed by atoms with van der Waals surface area (Å²) in [4.78, 5) is 35.9. The van der Waals surface area contributed by atoms with E-state index in [0.717, 1.165) is 81.0 Å². The molecule has 0 radical (unpaired) electrons. The highest BCUT2D eigenvalue weighted by Crippen LogP contribution is 2.38. The van der Waals surface area contributed by atoms with E-state index in [1.807, 2.05) is 31.2 Å². The van der Waals surface area contributed by atoms with Crippen LogP contribution in [0.3, 0.4) is 0 Å². The van der Waals surface area contributed by atoms with Crippen LogP contribution in [0.25, 0.3) is 0 Å². The van der Waals surface area contributed by atoms with Gasteiger partial charge in [0.2, 0.25) is 0 Å². The van der Waals surface area contributed by atoms with Crippen LogP contribution in [0.2, 0.25) is 0 Å². The van der Waals surface area contributed by atoms with Crippen molar-refractivity contribution in [3.63, 3.8) is 0 Å². The predicted octanol–water partition coefficient (Wildman–Crippen LogP) is 6.28. The minimum absolute atomic E-state index is 0.397. The Balaban J connectivity index is 1.23. The average molecular weight is 542 g/mol. The number of hydrogen-bond donors (Lipinski definition) is 1. The molecule has 1 aromatic carbocycles. The Kier molecular flexibility index (Phi) is 8.57. The van der Waals surface area contributed by atoms with Gasteiger partial charge in [0.15, 0.2) is 0 Å². The summed E-state index contributed by atoms with van der Waals surface area (Å²) in [6, 6.07) is 14.2. The second-order valence-corrected chi connectivity index (χ2v) is 11.5. The number of aryl methyl sites for hydroxylation is 3. The first-order chi connectivity index (χ1) is 19.3. The molecule has 0 bridgehead atoms. The molecule has 1 aliphatic heterocycles. The Morgan fingerprint density at radius 1 is 1.00 bits per heavy atom. The number of carbonyl (C=O) groups is 2. The van der Waals surface area contributed by atoms with Gasteiger partial charge >= 0.3 is 0 Å². The number of benzene rings is 1. The number of nitrogens with zero attached hydrogens (tertiary/aromatic N) is 4. The molecular weight excluding hydrogens is 498 g/mol. The highest BCUT2D eigenvalue weighted by Gasteiger charge is 2.31. The number of rotatable bonds is 10. The molecule has 1 aliphatic carbocycles. The van der Waals surface area contributed by atoms with Gasteiger partial charge in [0.1, 0.15) is 5.82 Å². The summed E-state index contributed by atoms with van der Waals surface area (Å²) in [6.45, 7) is 9.68. The second-order valence-electron chi connectivity index (χ2n) is 11.5. The van der Waals surface area contributed by atoms with Crippen molar-refractivity contribution in [2.24, 2.45) is 0 Å². The molecule has 2 aliphatic rings. The van der Waals surface area contributed by atoms with Crippen LogP contribution in [-0.2, 0) is 17.8 Å². The third kappa shape index (κ3) is 6.08. The molecular formula is C33H43N5O2. The summed E-state index contributed by atoms with van der Waals surface area (Å²) in [5, 5.41) is 2.88. The maximum Gasteiger partial charge on any atom is 0.298 e. The second kappa shape index (κ2) is 12.3. The number of Topliss-reactive ketones (excluding diaryl/α,β-unsaturated/α-hetero) is 1. The molecule has 0 spiro atoms. The van der Waals surface area contributed by atoms with Crippen LogP contribution in [0.5, 0.6) is 0 Å². The summed E-state index contributed by atoms with van der Waals surface area (Å²) < 4.78 is 2.13. The van der Waals surface area contributed by atoms with Gasteiger partial charge in [0.05, 0.1) is 5.69 Å². The Bertz CT molecular complexity index is 1330. The van der Waals surface area contributed by atoms with Crippen molar-refractivity contribution in [1.82, 2.24) is 9.55 Å². The van der Waals surface area contributed by atoms with E-state index in [9.17, 15) is 9.59 Å². The van der Waals surface area contributed by atoms with Crippen molar-refractivity contribution in [2.75, 3.05) is 41.8 Å². The maximum atomic E-state index is 13.5. The molecule has 7 nitrogen and oxygen atoms in total. The first kappa shape index (κ1) is 27.9. The minimum Gasteiger partial charge on any atom is -0.373 e. The van der Waals surface area contributed by atoms with E-state index >= 15 is 0 Å². The van der Waals surface area contributed by atoms with E-state index in [1.165, 1.54) is 24.1 Å². The number of ketones is 1. The molecule has 0 saturated heterocycles. The van der Waals surface area contributed by atoms with Crippen LogP contribution in [0, 0.1) is 13.8 Å². The maximum absolute atomic E-state index is 13.5. The van der Waals surface area contributed by atoms with Crippen molar-refractivity contribution in [2.45, 2.75) is 78.2 Å². The molecule has 1 N–H and O–H groups in total. The lowest BCUT2D eigenvalue weighted by Gasteiger charge is -2.27. The summed E-state index contributed by atoms with van der Waals surface area (Å²) >= 11 is 0. The van der Waals surface area contributed by atoms with Crippen molar-refractivity contribution in [1.29, 1.82) is 0 Å². The number of carbonyl (C=O) groups excluding carboxylic acids is 2. The molecule has 7 heteroatoms. The van der Waals surface area contributed by atoms with E-state index in [0.29, 0.717) is 17.3 Å². The smallest absolute Gasteiger partial charge is 0.298 e. The van der Waals surface area contributed by atoms with Gasteiger partial charge in [0.25, 0.3) is 11.7 Å². The molecule has 3 heterocycles. The quantitative estimate of drug-likeness (QED) is 0.242. The standard InChI is InChI=1S/C33H43N5O2/c1-5-37(30-21-23(2)20-24(3)34-30)19-18-36(4)27-15-13-26(14-16-27)35-33(40)32(39)31-29(25-10-6-7-11-25)22-28-12-8-9-17-38(28)31/h13-16,20-22,25H,5-12,17-19H2,1-4H3,(H,35,40). The fraction of sp³-hybridized carbons (Fsp3) is 0.485. The predicted molar refractivity (Wildman–Crippen MR) is 163 cm³/mol. The monoisotopic (exact) mass is 541 g/mol. The van der Waals surface area contributed by atoms with Crippen molar-refractivity contribution in [3.05, 3.63) is 70.7 Å². The van der Waals surface area contributed by atoms with Gasteiger partial charge in [0, 0.05) is 56.0 Å². The van der Waals surface area contributed by atoms with E-state index < -0.39 is 11.7 Å². The van der Waals surface area contributed by atoms with Crippen molar-refractivity contribution in [3.8, 4) is 0 Å². The highest BCUT2D eigenvalue weighted by atomic mass is 16.2. The lowest BCUT2D eigenvalue weighted by Crippen LogP contribution is -2.33. The third-order valence-corrected chi connectivity index (χ3v) is 8.55. The fourth-order valence-corrected chi connectivity index (χ4v) is 6.38. The van der Waals surface area contributed by atoms with E-state index in [-0.39, 0.29) is 0 Å². The molecule has 1 fully saturated rings. The van der Waals surface area contributed by atoms with Gasteiger partial charge in [-0.25, -0.2) is 4.98 Å². The van der Waals surface area contributed by atoms with E-state index in [2.05, 4.69) is 58.8 Å². The lowest BCUT2D eigenvalue weighted by molar-refractivity contribution is -0.112. The average Bonchev–Trinajstić information content (AvgIpc) is 3.61. The molecule has 2 aromatic heterocycles. The zero-order chi connectivity index (χ0) is 28.2. The van der Waals surface area contributed by atoms with Crippen LogP contribution in [0.15, 0.2) is 42.5 Å². The summed E-state index contributed by atoms with van der Waals surface area (Å²) in [7, 11) is 2.07. The number of pyridine rings is 1. The van der Waals surface area contributed by atoms with Crippen LogP contribution < -0.4 is 15.1 Å². The van der Waals surface area contributed by atoms with Crippen LogP contribution >= 0.6 is 0 Å². The summed E-state index contributed by atoms with van der Waals surface area (Å²) in [5.74, 6) is 0.452.